The van der Waals surface area contributed by atoms with Crippen LogP contribution >= 0.6 is 36.2 Å². The van der Waals surface area contributed by atoms with Crippen molar-refractivity contribution in [1.82, 2.24) is 15.2 Å². The highest BCUT2D eigenvalue weighted by atomic mass is 35.5. The third-order valence-electron chi connectivity index (χ3n) is 3.59. The highest BCUT2D eigenvalue weighted by molar-refractivity contribution is 7.09. The molecule has 116 valence electrons. The Morgan fingerprint density at radius 1 is 1.50 bits per heavy atom. The molecule has 7 heteroatoms. The number of halogens is 2. The number of hydrogen-bond donors (Lipinski definition) is 1. The summed E-state index contributed by atoms with van der Waals surface area (Å²) in [4.78, 5) is 18.7. The normalized spacial score (nSPS) is 21.9. The van der Waals surface area contributed by atoms with E-state index in [1.807, 2.05) is 10.3 Å². The van der Waals surface area contributed by atoms with Gasteiger partial charge in [0.15, 0.2) is 0 Å². The molecule has 2 atom stereocenters. The van der Waals surface area contributed by atoms with Crippen LogP contribution in [0.4, 0.5) is 0 Å². The number of hydrogen-bond acceptors (Lipinski definition) is 4. The molecule has 0 bridgehead atoms. The van der Waals surface area contributed by atoms with Crippen LogP contribution in [-0.2, 0) is 17.6 Å². The molecule has 0 aromatic carbocycles. The topological polar surface area (TPSA) is 45.2 Å². The summed E-state index contributed by atoms with van der Waals surface area (Å²) in [6.45, 7) is 8.00. The molecule has 1 fully saturated rings. The average Bonchev–Trinajstić information content (AvgIpc) is 2.80. The largest absolute Gasteiger partial charge is 0.337 e. The standard InChI is InChI=1S/C13H21N3OS.2ClH/c1-4-12-15-11(8-18-12)7-13(17)16-6-5-14-9(2)10(16)3;;/h8-10,14H,4-7H2,1-3H3;2*1H. The molecule has 1 aromatic heterocycles. The molecule has 4 nitrogen and oxygen atoms in total. The monoisotopic (exact) mass is 339 g/mol. The summed E-state index contributed by atoms with van der Waals surface area (Å²) in [6.07, 6.45) is 1.38. The van der Waals surface area contributed by atoms with Gasteiger partial charge < -0.3 is 10.2 Å². The van der Waals surface area contributed by atoms with Gasteiger partial charge in [0.05, 0.1) is 17.1 Å². The van der Waals surface area contributed by atoms with E-state index in [9.17, 15) is 4.79 Å². The highest BCUT2D eigenvalue weighted by Gasteiger charge is 2.28. The van der Waals surface area contributed by atoms with Gasteiger partial charge >= 0.3 is 0 Å². The van der Waals surface area contributed by atoms with Crippen LogP contribution in [0.5, 0.6) is 0 Å². The number of carbonyl (C=O) groups excluding carboxylic acids is 1. The van der Waals surface area contributed by atoms with Gasteiger partial charge in [-0.05, 0) is 20.3 Å². The maximum atomic E-state index is 12.3. The minimum absolute atomic E-state index is 0. The number of aromatic nitrogens is 1. The Labute approximate surface area is 137 Å². The lowest BCUT2D eigenvalue weighted by atomic mass is 10.1. The Bertz CT molecular complexity index is 428. The third-order valence-corrected chi connectivity index (χ3v) is 4.63. The molecule has 1 saturated heterocycles. The molecule has 1 aliphatic heterocycles. The summed E-state index contributed by atoms with van der Waals surface area (Å²) >= 11 is 1.65. The third kappa shape index (κ3) is 4.58. The summed E-state index contributed by atoms with van der Waals surface area (Å²) in [5.74, 6) is 0.198. The fraction of sp³-hybridized carbons (Fsp3) is 0.692. The zero-order valence-corrected chi connectivity index (χ0v) is 14.5. The second-order valence-electron chi connectivity index (χ2n) is 4.83. The molecular weight excluding hydrogens is 317 g/mol. The van der Waals surface area contributed by atoms with Gasteiger partial charge in [0.25, 0.3) is 0 Å². The van der Waals surface area contributed by atoms with E-state index in [4.69, 9.17) is 0 Å². The van der Waals surface area contributed by atoms with E-state index in [2.05, 4.69) is 31.1 Å². The van der Waals surface area contributed by atoms with E-state index in [0.29, 0.717) is 12.5 Å². The molecule has 2 unspecified atom stereocenters. The van der Waals surface area contributed by atoms with Crippen LogP contribution < -0.4 is 5.32 Å². The number of rotatable bonds is 3. The fourth-order valence-electron chi connectivity index (χ4n) is 2.26. The Morgan fingerprint density at radius 3 is 2.80 bits per heavy atom. The lowest BCUT2D eigenvalue weighted by molar-refractivity contribution is -0.134. The Hall–Kier alpha value is -0.360. The van der Waals surface area contributed by atoms with Crippen molar-refractivity contribution in [3.8, 4) is 0 Å². The minimum Gasteiger partial charge on any atom is -0.337 e. The van der Waals surface area contributed by atoms with E-state index < -0.39 is 0 Å². The predicted molar refractivity (Wildman–Crippen MR) is 88.3 cm³/mol. The van der Waals surface area contributed by atoms with E-state index in [0.717, 1.165) is 30.2 Å². The molecule has 2 rings (SSSR count). The summed E-state index contributed by atoms with van der Waals surface area (Å²) in [5, 5.41) is 6.50. The van der Waals surface area contributed by atoms with Crippen LogP contribution in [0, 0.1) is 0 Å². The lowest BCUT2D eigenvalue weighted by Gasteiger charge is -2.38. The first-order chi connectivity index (χ1) is 8.61. The lowest BCUT2D eigenvalue weighted by Crippen LogP contribution is -2.57. The van der Waals surface area contributed by atoms with Crippen molar-refractivity contribution < 1.29 is 4.79 Å². The van der Waals surface area contributed by atoms with Crippen molar-refractivity contribution >= 4 is 42.1 Å². The van der Waals surface area contributed by atoms with Crippen molar-refractivity contribution in [3.05, 3.63) is 16.1 Å². The van der Waals surface area contributed by atoms with E-state index in [1.165, 1.54) is 0 Å². The summed E-state index contributed by atoms with van der Waals surface area (Å²) in [6, 6.07) is 0.625. The molecule has 0 saturated carbocycles. The average molecular weight is 340 g/mol. The van der Waals surface area contributed by atoms with Gasteiger partial charge in [0, 0.05) is 30.6 Å². The van der Waals surface area contributed by atoms with Crippen molar-refractivity contribution in [2.75, 3.05) is 13.1 Å². The van der Waals surface area contributed by atoms with E-state index in [1.54, 1.807) is 11.3 Å². The second-order valence-corrected chi connectivity index (χ2v) is 5.78. The number of piperazine rings is 1. The van der Waals surface area contributed by atoms with Crippen molar-refractivity contribution in [3.63, 3.8) is 0 Å². The first-order valence-electron chi connectivity index (χ1n) is 6.58. The molecule has 0 aliphatic carbocycles. The SMILES string of the molecule is CCc1nc(CC(=O)N2CCNC(C)C2C)cs1.Cl.Cl. The molecule has 20 heavy (non-hydrogen) atoms. The van der Waals surface area contributed by atoms with Gasteiger partial charge in [-0.2, -0.15) is 0 Å². The van der Waals surface area contributed by atoms with Gasteiger partial charge in [-0.3, -0.25) is 4.79 Å². The second kappa shape index (κ2) is 8.82. The molecule has 0 radical (unpaired) electrons. The molecule has 2 heterocycles. The number of nitrogens with zero attached hydrogens (tertiary/aromatic N) is 2. The number of carbonyl (C=O) groups is 1. The number of thiazole rings is 1. The van der Waals surface area contributed by atoms with Crippen LogP contribution in [0.25, 0.3) is 0 Å². The van der Waals surface area contributed by atoms with Gasteiger partial charge in [0.1, 0.15) is 0 Å². The van der Waals surface area contributed by atoms with Crippen molar-refractivity contribution in [2.24, 2.45) is 0 Å². The maximum Gasteiger partial charge on any atom is 0.228 e. The summed E-state index contributed by atoms with van der Waals surface area (Å²) < 4.78 is 0. The quantitative estimate of drug-likeness (QED) is 0.918. The predicted octanol–water partition coefficient (Wildman–Crippen LogP) is 2.30. The maximum absolute atomic E-state index is 12.3. The van der Waals surface area contributed by atoms with Crippen molar-refractivity contribution in [2.45, 2.75) is 45.7 Å². The Morgan fingerprint density at radius 2 is 2.20 bits per heavy atom. The number of nitrogens with one attached hydrogen (secondary N) is 1. The summed E-state index contributed by atoms with van der Waals surface area (Å²) in [5.41, 5.74) is 0.917. The van der Waals surface area contributed by atoms with Gasteiger partial charge in [-0.25, -0.2) is 4.98 Å². The fourth-order valence-corrected chi connectivity index (χ4v) is 3.00. The molecule has 1 aromatic rings. The van der Waals surface area contributed by atoms with Crippen molar-refractivity contribution in [1.29, 1.82) is 0 Å². The highest BCUT2D eigenvalue weighted by Crippen LogP contribution is 2.14. The molecule has 1 amide bonds. The Kier molecular flexibility index (Phi) is 8.66. The van der Waals surface area contributed by atoms with Crippen LogP contribution in [-0.4, -0.2) is 41.0 Å². The van der Waals surface area contributed by atoms with Crippen LogP contribution in [0.3, 0.4) is 0 Å². The molecular formula is C13H23Cl2N3OS. The van der Waals surface area contributed by atoms with Crippen LogP contribution in [0.1, 0.15) is 31.5 Å². The first kappa shape index (κ1) is 19.6. The van der Waals surface area contributed by atoms with Crippen LogP contribution in [0.2, 0.25) is 0 Å². The molecule has 1 N–H and O–H groups in total. The number of aryl methyl sites for hydroxylation is 1. The first-order valence-corrected chi connectivity index (χ1v) is 7.46. The zero-order valence-electron chi connectivity index (χ0n) is 12.1. The number of amides is 1. The van der Waals surface area contributed by atoms with Gasteiger partial charge in [-0.15, -0.1) is 36.2 Å². The van der Waals surface area contributed by atoms with Gasteiger partial charge in [-0.1, -0.05) is 6.92 Å². The summed E-state index contributed by atoms with van der Waals surface area (Å²) in [7, 11) is 0. The smallest absolute Gasteiger partial charge is 0.228 e. The molecule has 1 aliphatic rings. The minimum atomic E-state index is 0. The zero-order chi connectivity index (χ0) is 13.1. The molecule has 0 spiro atoms. The van der Waals surface area contributed by atoms with E-state index >= 15 is 0 Å². The van der Waals surface area contributed by atoms with Crippen LogP contribution in [0.15, 0.2) is 5.38 Å². The Balaban J connectivity index is 0.00000180. The van der Waals surface area contributed by atoms with E-state index in [-0.39, 0.29) is 36.8 Å². The van der Waals surface area contributed by atoms with Gasteiger partial charge in [0.2, 0.25) is 5.91 Å².